The van der Waals surface area contributed by atoms with E-state index in [0.29, 0.717) is 104 Å². The predicted octanol–water partition coefficient (Wildman–Crippen LogP) is 5.12. The van der Waals surface area contributed by atoms with Crippen molar-refractivity contribution < 1.29 is 62.2 Å². The number of carbonyl (C=O) groups excluding carboxylic acids is 5. The smallest absolute Gasteiger partial charge is 0.343 e. The molecule has 19 nitrogen and oxygen atoms in total. The fourth-order valence-corrected chi connectivity index (χ4v) is 11.5. The Morgan fingerprint density at radius 1 is 0.853 bits per heavy atom. The van der Waals surface area contributed by atoms with Crippen LogP contribution in [0.15, 0.2) is 84.1 Å². The number of hydrogen-bond acceptors (Lipinski definition) is 16. The Bertz CT molecular complexity index is 2730. The number of amides is 3. The van der Waals surface area contributed by atoms with Gasteiger partial charge in [0.2, 0.25) is 5.54 Å². The van der Waals surface area contributed by atoms with Gasteiger partial charge in [0.05, 0.1) is 69.6 Å². The zero-order valence-corrected chi connectivity index (χ0v) is 43.6. The van der Waals surface area contributed by atoms with Gasteiger partial charge in [0.25, 0.3) is 5.91 Å². The van der Waals surface area contributed by atoms with Crippen molar-refractivity contribution in [2.75, 3.05) is 92.4 Å². The number of H-pyrrole nitrogens is 1. The van der Waals surface area contributed by atoms with Crippen LogP contribution in [0.1, 0.15) is 64.8 Å². The Labute approximate surface area is 440 Å². The topological polar surface area (TPSA) is 237 Å². The molecule has 402 valence electrons. The number of aromatic amines is 1. The molecule has 0 aliphatic carbocycles. The highest BCUT2D eigenvalue weighted by atomic mass is 32.2. The van der Waals surface area contributed by atoms with Gasteiger partial charge in [-0.3, -0.25) is 9.59 Å². The summed E-state index contributed by atoms with van der Waals surface area (Å²) in [6.45, 7) is 7.16. The second kappa shape index (κ2) is 26.3. The molecule has 0 bridgehead atoms. The Balaban J connectivity index is 0.746. The standard InChI is InChI=1S/C55H68N6O13S/c1-35-45(74-32-36-11-5-4-6-12-36)17-15-40(49(35)63)50(64)37-29-42(52(65)68-2)55(53(66)69-3)51-39(18-22-61(55)31-37)41-30-38(14-16-43(41)58-51)73-33-47(62)57-21-10-24-71-26-28-72-27-25-70-23-9-20-56-19-8-7-13-46-48-44(34-75-46)59-54(67)60-48/h4-6,11-12,14-17,29-31,44,46,48,56,58,63H,7-10,13,18-28,32-34H2,1-3H3,(H,57,62)(H2,59,60,67). The van der Waals surface area contributed by atoms with Crippen molar-refractivity contribution in [2.45, 2.75) is 74.9 Å². The Kier molecular flexibility index (Phi) is 19.1. The Morgan fingerprint density at radius 3 is 2.36 bits per heavy atom. The van der Waals surface area contributed by atoms with E-state index in [1.54, 1.807) is 36.1 Å². The van der Waals surface area contributed by atoms with E-state index in [4.69, 9.17) is 33.2 Å². The number of ketones is 1. The lowest BCUT2D eigenvalue weighted by Gasteiger charge is -2.46. The maximum Gasteiger partial charge on any atom is 0.343 e. The fraction of sp³-hybridized carbons (Fsp3) is 0.473. The number of aromatic nitrogens is 1. The quantitative estimate of drug-likeness (QED) is 0.0179. The minimum Gasteiger partial charge on any atom is -0.507 e. The summed E-state index contributed by atoms with van der Waals surface area (Å²) >= 11 is 1.96. The number of ether oxygens (including phenoxy) is 7. The van der Waals surface area contributed by atoms with Gasteiger partial charge >= 0.3 is 18.0 Å². The van der Waals surface area contributed by atoms with Crippen molar-refractivity contribution in [2.24, 2.45) is 0 Å². The second-order valence-electron chi connectivity index (χ2n) is 18.7. The molecule has 4 atom stereocenters. The van der Waals surface area contributed by atoms with Crippen molar-refractivity contribution in [1.29, 1.82) is 0 Å². The number of phenols is 1. The summed E-state index contributed by atoms with van der Waals surface area (Å²) in [6, 6.07) is 18.4. The van der Waals surface area contributed by atoms with E-state index in [-0.39, 0.29) is 66.2 Å². The highest BCUT2D eigenvalue weighted by Gasteiger charge is 2.58. The number of Topliss-reactive ketones (excluding diaryl/α,β-unsaturated/α-hetero) is 1. The number of methoxy groups -OCH3 is 2. The maximum absolute atomic E-state index is 14.2. The molecule has 3 aromatic carbocycles. The van der Waals surface area contributed by atoms with Crippen LogP contribution in [0.5, 0.6) is 17.2 Å². The highest BCUT2D eigenvalue weighted by molar-refractivity contribution is 8.00. The third-order valence-electron chi connectivity index (χ3n) is 13.8. The van der Waals surface area contributed by atoms with Crippen LogP contribution < -0.4 is 30.7 Å². The lowest BCUT2D eigenvalue weighted by molar-refractivity contribution is -0.156. The first-order chi connectivity index (χ1) is 36.5. The van der Waals surface area contributed by atoms with E-state index in [0.717, 1.165) is 50.1 Å². The third-order valence-corrected chi connectivity index (χ3v) is 15.4. The number of aromatic hydroxyl groups is 1. The van der Waals surface area contributed by atoms with Gasteiger partial charge in [-0.1, -0.05) is 36.8 Å². The average Bonchev–Trinajstić information content (AvgIpc) is 4.15. The second-order valence-corrected chi connectivity index (χ2v) is 20.0. The number of unbranched alkanes of at least 4 members (excludes halogenated alkanes) is 1. The van der Waals surface area contributed by atoms with Gasteiger partial charge in [0.1, 0.15) is 23.9 Å². The number of fused-ring (bicyclic) bond motifs is 6. The van der Waals surface area contributed by atoms with Crippen molar-refractivity contribution >= 4 is 52.3 Å². The number of carbonyl (C=O) groups is 5. The molecule has 75 heavy (non-hydrogen) atoms. The number of esters is 2. The molecule has 5 heterocycles. The van der Waals surface area contributed by atoms with E-state index in [9.17, 15) is 29.1 Å². The third kappa shape index (κ3) is 12.9. The first-order valence-electron chi connectivity index (χ1n) is 25.6. The molecule has 4 aliphatic rings. The minimum absolute atomic E-state index is 0.0163. The Morgan fingerprint density at radius 2 is 1.60 bits per heavy atom. The SMILES string of the molecule is COC(=O)C1=CC(C(=O)c2ccc(OCc3ccccc3)c(C)c2O)=CN2CCc3c([nH]c4ccc(OCC(=O)NCCCOCCOCCOCCCNCCCCC5SCC6NC(=O)NC65)cc34)C12C(=O)OC. The molecule has 0 spiro atoms. The summed E-state index contributed by atoms with van der Waals surface area (Å²) in [7, 11) is 2.41. The molecule has 4 aliphatic heterocycles. The number of rotatable bonds is 29. The number of phenolic OH excluding ortho intramolecular Hbond substituents is 1. The summed E-state index contributed by atoms with van der Waals surface area (Å²) in [5, 5.41) is 24.9. The molecule has 1 aromatic heterocycles. The van der Waals surface area contributed by atoms with Crippen molar-refractivity contribution in [3.05, 3.63) is 112 Å². The van der Waals surface area contributed by atoms with Crippen LogP contribution in [-0.4, -0.2) is 154 Å². The first kappa shape index (κ1) is 54.7. The zero-order valence-electron chi connectivity index (χ0n) is 42.8. The van der Waals surface area contributed by atoms with E-state index in [1.807, 2.05) is 42.1 Å². The predicted molar refractivity (Wildman–Crippen MR) is 281 cm³/mol. The monoisotopic (exact) mass is 1050 g/mol. The normalized spacial score (nSPS) is 19.5. The van der Waals surface area contributed by atoms with Gasteiger partial charge in [0.15, 0.2) is 12.4 Å². The molecular formula is C55H68N6O13S. The van der Waals surface area contributed by atoms with E-state index in [1.165, 1.54) is 32.6 Å². The maximum atomic E-state index is 14.2. The van der Waals surface area contributed by atoms with E-state index in [2.05, 4.69) is 26.3 Å². The average molecular weight is 1050 g/mol. The molecule has 2 saturated heterocycles. The lowest BCUT2D eigenvalue weighted by atomic mass is 9.75. The number of hydrogen-bond donors (Lipinski definition) is 6. The van der Waals surface area contributed by atoms with E-state index < -0.39 is 23.3 Å². The molecule has 4 unspecified atom stereocenters. The van der Waals surface area contributed by atoms with Crippen LogP contribution in [0, 0.1) is 6.92 Å². The van der Waals surface area contributed by atoms with Gasteiger partial charge in [0, 0.05) is 65.5 Å². The highest BCUT2D eigenvalue weighted by Crippen LogP contribution is 2.48. The number of nitrogens with one attached hydrogen (secondary N) is 5. The van der Waals surface area contributed by atoms with Crippen LogP contribution >= 0.6 is 11.8 Å². The summed E-state index contributed by atoms with van der Waals surface area (Å²) in [5.74, 6) is -0.989. The first-order valence-corrected chi connectivity index (χ1v) is 26.7. The number of nitrogens with zero attached hydrogens (tertiary/aromatic N) is 1. The molecule has 6 N–H and O–H groups in total. The number of urea groups is 1. The van der Waals surface area contributed by atoms with Gasteiger partial charge in [-0.25, -0.2) is 14.4 Å². The van der Waals surface area contributed by atoms with Crippen LogP contribution in [-0.2, 0) is 56.6 Å². The fourth-order valence-electron chi connectivity index (χ4n) is 9.98. The number of thioether (sulfide) groups is 1. The minimum atomic E-state index is -1.87. The molecule has 20 heteroatoms. The summed E-state index contributed by atoms with van der Waals surface area (Å²) in [5.41, 5.74) is 1.01. The molecule has 8 rings (SSSR count). The van der Waals surface area contributed by atoms with Crippen LogP contribution in [0.4, 0.5) is 4.79 Å². The van der Waals surface area contributed by atoms with Crippen LogP contribution in [0.25, 0.3) is 10.9 Å². The number of benzene rings is 3. The molecule has 0 radical (unpaired) electrons. The largest absolute Gasteiger partial charge is 0.507 e. The van der Waals surface area contributed by atoms with Crippen LogP contribution in [0.3, 0.4) is 0 Å². The summed E-state index contributed by atoms with van der Waals surface area (Å²) in [4.78, 5) is 71.5. The molecule has 0 saturated carbocycles. The summed E-state index contributed by atoms with van der Waals surface area (Å²) < 4.78 is 39.5. The van der Waals surface area contributed by atoms with Crippen molar-refractivity contribution in [1.82, 2.24) is 31.2 Å². The van der Waals surface area contributed by atoms with Crippen LogP contribution in [0.2, 0.25) is 0 Å². The zero-order chi connectivity index (χ0) is 52.7. The lowest BCUT2D eigenvalue weighted by Crippen LogP contribution is -2.58. The van der Waals surface area contributed by atoms with Gasteiger partial charge in [-0.2, -0.15) is 11.8 Å². The Hall–Kier alpha value is -6.58. The molecule has 3 amide bonds. The molecule has 4 aromatic rings. The van der Waals surface area contributed by atoms with Crippen molar-refractivity contribution in [3.63, 3.8) is 0 Å². The number of allylic oxidation sites excluding steroid dienone is 2. The van der Waals surface area contributed by atoms with Crippen molar-refractivity contribution in [3.8, 4) is 17.2 Å². The molecular weight excluding hydrogens is 985 g/mol. The van der Waals surface area contributed by atoms with Gasteiger partial charge < -0.3 is 69.4 Å². The van der Waals surface area contributed by atoms with E-state index >= 15 is 0 Å². The molecule has 2 fully saturated rings. The van der Waals surface area contributed by atoms with Gasteiger partial charge in [-0.15, -0.1) is 0 Å². The summed E-state index contributed by atoms with van der Waals surface area (Å²) in [6.07, 6.45) is 8.14. The van der Waals surface area contributed by atoms with Gasteiger partial charge in [-0.05, 0) is 99.7 Å².